The Balaban J connectivity index is 1.39. The molecule has 2 saturated heterocycles. The number of nitrogens with zero attached hydrogens (tertiary/aromatic N) is 3. The van der Waals surface area contributed by atoms with Crippen molar-refractivity contribution >= 4 is 11.9 Å². The minimum absolute atomic E-state index is 0.140. The third kappa shape index (κ3) is 5.74. The molecule has 0 bridgehead atoms. The van der Waals surface area contributed by atoms with Crippen LogP contribution in [-0.4, -0.2) is 64.9 Å². The number of anilines is 1. The van der Waals surface area contributed by atoms with Gasteiger partial charge in [0.05, 0.1) is 41.8 Å². The number of carbonyl (C=O) groups is 1. The van der Waals surface area contributed by atoms with Crippen molar-refractivity contribution in [3.63, 3.8) is 0 Å². The number of rotatable bonds is 9. The number of nitrogens with one attached hydrogen (secondary N) is 3. The molecule has 10 nitrogen and oxygen atoms in total. The van der Waals surface area contributed by atoms with E-state index in [4.69, 9.17) is 19.2 Å². The van der Waals surface area contributed by atoms with Crippen LogP contribution in [0, 0.1) is 11.2 Å². The number of aromatic nitrogens is 4. The second-order valence-corrected chi connectivity index (χ2v) is 9.65. The molecule has 3 N–H and O–H groups in total. The van der Waals surface area contributed by atoms with E-state index in [1.807, 2.05) is 0 Å². The minimum atomic E-state index is -0.842. The Bertz CT molecular complexity index is 1270. The van der Waals surface area contributed by atoms with Gasteiger partial charge in [0, 0.05) is 31.5 Å². The summed E-state index contributed by atoms with van der Waals surface area (Å²) in [5.74, 6) is 0.361. The fourth-order valence-electron chi connectivity index (χ4n) is 4.37. The summed E-state index contributed by atoms with van der Waals surface area (Å²) < 4.78 is 31.2. The maximum absolute atomic E-state index is 13.7. The molecule has 1 atom stereocenters. The number of aromatic amines is 1. The average Bonchev–Trinajstić information content (AvgIpc) is 3.62. The molecule has 1 amide bonds. The highest BCUT2D eigenvalue weighted by Gasteiger charge is 2.40. The van der Waals surface area contributed by atoms with Crippen molar-refractivity contribution in [3.8, 4) is 22.6 Å². The smallest absolute Gasteiger partial charge is 0.230 e. The highest BCUT2D eigenvalue weighted by atomic mass is 19.1. The van der Waals surface area contributed by atoms with Crippen LogP contribution in [0.2, 0.25) is 0 Å². The van der Waals surface area contributed by atoms with Crippen LogP contribution in [-0.2, 0) is 19.0 Å². The van der Waals surface area contributed by atoms with Gasteiger partial charge in [0.25, 0.3) is 0 Å². The minimum Gasteiger partial charge on any atom is -0.376 e. The van der Waals surface area contributed by atoms with Gasteiger partial charge in [-0.2, -0.15) is 0 Å². The Morgan fingerprint density at radius 3 is 2.71 bits per heavy atom. The second kappa shape index (κ2) is 11.4. The summed E-state index contributed by atoms with van der Waals surface area (Å²) in [5.41, 5.74) is 1.62. The third-order valence-electron chi connectivity index (χ3n) is 6.55. The largest absolute Gasteiger partial charge is 0.376 e. The lowest BCUT2D eigenvalue weighted by atomic mass is 9.91. The molecule has 1 aromatic carbocycles. The topological polar surface area (TPSA) is 123 Å². The van der Waals surface area contributed by atoms with Crippen LogP contribution in [0.3, 0.4) is 0 Å². The highest BCUT2D eigenvalue weighted by molar-refractivity contribution is 5.82. The Kier molecular flexibility index (Phi) is 7.77. The SMILES string of the molecule is C=CCNC(=O)C1(C)COC(c2nc(-c3ccc(F)cc3)c(-c3ccnc(NCC4CCCO4)n3)[nH]2)OC1. The molecule has 1 unspecified atom stereocenters. The Morgan fingerprint density at radius 1 is 1.21 bits per heavy atom. The first-order chi connectivity index (χ1) is 18.4. The van der Waals surface area contributed by atoms with E-state index >= 15 is 0 Å². The Labute approximate surface area is 220 Å². The molecular weight excluding hydrogens is 491 g/mol. The summed E-state index contributed by atoms with van der Waals surface area (Å²) in [6.45, 7) is 7.45. The van der Waals surface area contributed by atoms with E-state index in [-0.39, 0.29) is 31.0 Å². The van der Waals surface area contributed by atoms with Crippen molar-refractivity contribution in [2.75, 3.05) is 38.2 Å². The van der Waals surface area contributed by atoms with E-state index < -0.39 is 11.7 Å². The first-order valence-electron chi connectivity index (χ1n) is 12.6. The van der Waals surface area contributed by atoms with Crippen molar-refractivity contribution in [1.29, 1.82) is 0 Å². The predicted molar refractivity (Wildman–Crippen MR) is 138 cm³/mol. The fraction of sp³-hybridized carbons (Fsp3) is 0.407. The molecule has 3 aromatic rings. The maximum atomic E-state index is 13.7. The number of imidazole rings is 1. The van der Waals surface area contributed by atoms with Gasteiger partial charge in [-0.1, -0.05) is 6.08 Å². The molecule has 5 rings (SSSR count). The van der Waals surface area contributed by atoms with E-state index in [1.165, 1.54) is 12.1 Å². The standard InChI is InChI=1S/C27H31FN6O4/c1-3-11-29-25(35)27(2)15-37-24(38-16-27)23-33-21(17-6-8-18(28)9-7-17)22(34-23)20-10-12-30-26(32-20)31-14-19-5-4-13-36-19/h3,6-10,12,19,24H,1,4-5,11,13-16H2,2H3,(H,29,35)(H,33,34)(H,30,31,32). The van der Waals surface area contributed by atoms with Crippen LogP contribution < -0.4 is 10.6 Å². The average molecular weight is 523 g/mol. The van der Waals surface area contributed by atoms with Gasteiger partial charge in [-0.15, -0.1) is 6.58 Å². The zero-order chi connectivity index (χ0) is 26.5. The van der Waals surface area contributed by atoms with Crippen LogP contribution in [0.25, 0.3) is 22.6 Å². The molecule has 38 heavy (non-hydrogen) atoms. The number of hydrogen-bond acceptors (Lipinski definition) is 8. The number of H-pyrrole nitrogens is 1. The van der Waals surface area contributed by atoms with E-state index in [9.17, 15) is 9.18 Å². The fourth-order valence-corrected chi connectivity index (χ4v) is 4.37. The molecular formula is C27H31FN6O4. The van der Waals surface area contributed by atoms with Gasteiger partial charge in [-0.3, -0.25) is 4.79 Å². The van der Waals surface area contributed by atoms with Gasteiger partial charge >= 0.3 is 0 Å². The molecule has 2 aromatic heterocycles. The van der Waals surface area contributed by atoms with Crippen molar-refractivity contribution in [1.82, 2.24) is 25.3 Å². The molecule has 2 aliphatic rings. The van der Waals surface area contributed by atoms with E-state index in [2.05, 4.69) is 32.2 Å². The summed E-state index contributed by atoms with van der Waals surface area (Å²) in [5, 5.41) is 6.04. The summed E-state index contributed by atoms with van der Waals surface area (Å²) in [6, 6.07) is 7.83. The Hall–Kier alpha value is -3.67. The number of benzene rings is 1. The van der Waals surface area contributed by atoms with Crippen molar-refractivity contribution in [2.45, 2.75) is 32.2 Å². The molecule has 0 radical (unpaired) electrons. The van der Waals surface area contributed by atoms with Crippen molar-refractivity contribution < 1.29 is 23.4 Å². The molecule has 0 spiro atoms. The van der Waals surface area contributed by atoms with Crippen molar-refractivity contribution in [2.24, 2.45) is 5.41 Å². The lowest BCUT2D eigenvalue weighted by molar-refractivity contribution is -0.230. The summed E-state index contributed by atoms with van der Waals surface area (Å²) >= 11 is 0. The summed E-state index contributed by atoms with van der Waals surface area (Å²) in [6.07, 6.45) is 4.66. The van der Waals surface area contributed by atoms with E-state index in [0.717, 1.165) is 19.4 Å². The van der Waals surface area contributed by atoms with Crippen LogP contribution in [0.5, 0.6) is 0 Å². The van der Waals surface area contributed by atoms with Gasteiger partial charge in [0.1, 0.15) is 5.82 Å². The molecule has 200 valence electrons. The van der Waals surface area contributed by atoms with Gasteiger partial charge in [-0.25, -0.2) is 19.3 Å². The van der Waals surface area contributed by atoms with Gasteiger partial charge in [0.15, 0.2) is 5.82 Å². The molecule has 4 heterocycles. The molecule has 0 saturated carbocycles. The summed E-state index contributed by atoms with van der Waals surface area (Å²) in [7, 11) is 0. The number of amides is 1. The molecule has 0 aliphatic carbocycles. The number of ether oxygens (including phenoxy) is 3. The normalized spacial score (nSPS) is 23.2. The number of hydrogen-bond donors (Lipinski definition) is 3. The first-order valence-corrected chi connectivity index (χ1v) is 12.6. The Morgan fingerprint density at radius 2 is 2.00 bits per heavy atom. The molecule has 2 aliphatic heterocycles. The van der Waals surface area contributed by atoms with Gasteiger partial charge in [-0.05, 0) is 50.1 Å². The van der Waals surface area contributed by atoms with E-state index in [1.54, 1.807) is 37.4 Å². The first kappa shape index (κ1) is 26.0. The van der Waals surface area contributed by atoms with Crippen LogP contribution >= 0.6 is 0 Å². The van der Waals surface area contributed by atoms with Crippen molar-refractivity contribution in [3.05, 3.63) is 60.8 Å². The van der Waals surface area contributed by atoms with Gasteiger partial charge in [0.2, 0.25) is 18.1 Å². The third-order valence-corrected chi connectivity index (χ3v) is 6.55. The second-order valence-electron chi connectivity index (χ2n) is 9.65. The predicted octanol–water partition coefficient (Wildman–Crippen LogP) is 3.62. The quantitative estimate of drug-likeness (QED) is 0.364. The van der Waals surface area contributed by atoms with Gasteiger partial charge < -0.3 is 29.8 Å². The zero-order valence-corrected chi connectivity index (χ0v) is 21.2. The lowest BCUT2D eigenvalue weighted by Crippen LogP contribution is -2.48. The van der Waals surface area contributed by atoms with E-state index in [0.29, 0.717) is 47.5 Å². The molecule has 11 heteroatoms. The lowest BCUT2D eigenvalue weighted by Gasteiger charge is -2.35. The maximum Gasteiger partial charge on any atom is 0.230 e. The number of halogens is 1. The number of carbonyl (C=O) groups excluding carboxylic acids is 1. The highest BCUT2D eigenvalue weighted by Crippen LogP contribution is 2.35. The molecule has 2 fully saturated rings. The van der Waals surface area contributed by atoms with Crippen LogP contribution in [0.4, 0.5) is 10.3 Å². The summed E-state index contributed by atoms with van der Waals surface area (Å²) in [4.78, 5) is 29.6. The zero-order valence-electron chi connectivity index (χ0n) is 21.2. The van der Waals surface area contributed by atoms with Crippen LogP contribution in [0.15, 0.2) is 49.2 Å². The van der Waals surface area contributed by atoms with Crippen LogP contribution in [0.1, 0.15) is 31.9 Å². The monoisotopic (exact) mass is 522 g/mol.